The van der Waals surface area contributed by atoms with E-state index in [1.54, 1.807) is 7.05 Å². The molecule has 0 aliphatic carbocycles. The van der Waals surface area contributed by atoms with Crippen LogP contribution in [0.1, 0.15) is 29.5 Å². The lowest BCUT2D eigenvalue weighted by Gasteiger charge is -2.17. The van der Waals surface area contributed by atoms with Crippen molar-refractivity contribution >= 4 is 5.96 Å². The second kappa shape index (κ2) is 8.23. The van der Waals surface area contributed by atoms with Crippen molar-refractivity contribution in [3.63, 3.8) is 0 Å². The highest BCUT2D eigenvalue weighted by atomic mass is 15.2. The van der Waals surface area contributed by atoms with Crippen molar-refractivity contribution in [2.75, 3.05) is 13.6 Å². The third-order valence-corrected chi connectivity index (χ3v) is 3.71. The molecule has 3 nitrogen and oxygen atoms in total. The van der Waals surface area contributed by atoms with E-state index in [1.807, 2.05) is 18.2 Å². The van der Waals surface area contributed by atoms with Gasteiger partial charge in [0, 0.05) is 20.1 Å². The molecular weight excluding hydrogens is 270 g/mol. The fourth-order valence-corrected chi connectivity index (χ4v) is 2.35. The smallest absolute Gasteiger partial charge is 0.191 e. The van der Waals surface area contributed by atoms with Crippen molar-refractivity contribution in [2.45, 2.75) is 26.3 Å². The lowest BCUT2D eigenvalue weighted by Crippen LogP contribution is -2.38. The zero-order valence-electron chi connectivity index (χ0n) is 13.6. The Kier molecular flexibility index (Phi) is 6.01. The predicted octanol–water partition coefficient (Wildman–Crippen LogP) is 3.46. The van der Waals surface area contributed by atoms with Gasteiger partial charge in [-0.2, -0.15) is 0 Å². The van der Waals surface area contributed by atoms with Gasteiger partial charge >= 0.3 is 0 Å². The summed E-state index contributed by atoms with van der Waals surface area (Å²) >= 11 is 0. The van der Waals surface area contributed by atoms with E-state index in [4.69, 9.17) is 0 Å². The van der Waals surface area contributed by atoms with Crippen molar-refractivity contribution in [1.82, 2.24) is 10.6 Å². The number of benzene rings is 2. The quantitative estimate of drug-likeness (QED) is 0.654. The first-order valence-electron chi connectivity index (χ1n) is 7.74. The summed E-state index contributed by atoms with van der Waals surface area (Å²) in [6.45, 7) is 5.99. The Morgan fingerprint density at radius 3 is 2.50 bits per heavy atom. The van der Waals surface area contributed by atoms with Gasteiger partial charge in [0.2, 0.25) is 0 Å². The first-order valence-corrected chi connectivity index (χ1v) is 7.74. The van der Waals surface area contributed by atoms with Crippen molar-refractivity contribution in [1.29, 1.82) is 0 Å². The minimum atomic E-state index is 0.440. The molecule has 22 heavy (non-hydrogen) atoms. The molecule has 116 valence electrons. The largest absolute Gasteiger partial charge is 0.356 e. The molecule has 0 fully saturated rings. The maximum Gasteiger partial charge on any atom is 0.191 e. The topological polar surface area (TPSA) is 36.4 Å². The second-order valence-electron chi connectivity index (χ2n) is 5.61. The number of guanidine groups is 1. The summed E-state index contributed by atoms with van der Waals surface area (Å²) < 4.78 is 0. The Bertz CT molecular complexity index is 605. The lowest BCUT2D eigenvalue weighted by atomic mass is 9.99. The Labute approximate surface area is 133 Å². The standard InChI is InChI=1S/C19H25N3/c1-15-8-7-11-18(12-15)16(2)13-21-19(20-3)22-14-17-9-5-4-6-10-17/h4-12,16H,13-14H2,1-3H3,(H2,20,21,22). The average molecular weight is 295 g/mol. The van der Waals surface area contributed by atoms with Crippen molar-refractivity contribution in [3.8, 4) is 0 Å². The Morgan fingerprint density at radius 2 is 1.82 bits per heavy atom. The number of hydrogen-bond acceptors (Lipinski definition) is 1. The van der Waals surface area contributed by atoms with Crippen LogP contribution in [0.3, 0.4) is 0 Å². The third-order valence-electron chi connectivity index (χ3n) is 3.71. The molecule has 1 unspecified atom stereocenters. The zero-order chi connectivity index (χ0) is 15.8. The van der Waals surface area contributed by atoms with Gasteiger partial charge in [0.15, 0.2) is 5.96 Å². The highest BCUT2D eigenvalue weighted by molar-refractivity contribution is 5.79. The van der Waals surface area contributed by atoms with Crippen LogP contribution in [0.5, 0.6) is 0 Å². The van der Waals surface area contributed by atoms with E-state index in [2.05, 4.69) is 65.9 Å². The summed E-state index contributed by atoms with van der Waals surface area (Å²) in [6.07, 6.45) is 0. The molecule has 0 spiro atoms. The molecule has 0 radical (unpaired) electrons. The molecule has 0 saturated heterocycles. The van der Waals surface area contributed by atoms with Crippen LogP contribution in [0, 0.1) is 6.92 Å². The van der Waals surface area contributed by atoms with E-state index >= 15 is 0 Å². The third kappa shape index (κ3) is 4.92. The van der Waals surface area contributed by atoms with Crippen LogP contribution in [-0.4, -0.2) is 19.6 Å². The van der Waals surface area contributed by atoms with Gasteiger partial charge in [-0.1, -0.05) is 67.1 Å². The summed E-state index contributed by atoms with van der Waals surface area (Å²) in [4.78, 5) is 4.28. The van der Waals surface area contributed by atoms with Gasteiger partial charge in [0.1, 0.15) is 0 Å². The van der Waals surface area contributed by atoms with Crippen LogP contribution in [-0.2, 0) is 6.54 Å². The van der Waals surface area contributed by atoms with Gasteiger partial charge in [0.25, 0.3) is 0 Å². The maximum atomic E-state index is 4.28. The molecule has 0 bridgehead atoms. The van der Waals surface area contributed by atoms with Crippen LogP contribution >= 0.6 is 0 Å². The molecule has 3 heteroatoms. The Balaban J connectivity index is 1.83. The minimum Gasteiger partial charge on any atom is -0.356 e. The number of nitrogens with one attached hydrogen (secondary N) is 2. The molecule has 2 N–H and O–H groups in total. The SMILES string of the molecule is CN=C(NCc1ccccc1)NCC(C)c1cccc(C)c1. The van der Waals surface area contributed by atoms with E-state index in [-0.39, 0.29) is 0 Å². The number of nitrogens with zero attached hydrogens (tertiary/aromatic N) is 1. The van der Waals surface area contributed by atoms with Crippen molar-refractivity contribution < 1.29 is 0 Å². The molecule has 2 aromatic carbocycles. The van der Waals surface area contributed by atoms with Crippen molar-refractivity contribution in [2.24, 2.45) is 4.99 Å². The van der Waals surface area contributed by atoms with Gasteiger partial charge in [0.05, 0.1) is 0 Å². The van der Waals surface area contributed by atoms with Crippen LogP contribution in [0.4, 0.5) is 0 Å². The molecule has 0 heterocycles. The maximum absolute atomic E-state index is 4.28. The number of hydrogen-bond donors (Lipinski definition) is 2. The average Bonchev–Trinajstić information content (AvgIpc) is 2.55. The van der Waals surface area contributed by atoms with E-state index in [0.29, 0.717) is 5.92 Å². The van der Waals surface area contributed by atoms with Gasteiger partial charge in [-0.3, -0.25) is 4.99 Å². The normalized spacial score (nSPS) is 12.8. The highest BCUT2D eigenvalue weighted by Crippen LogP contribution is 2.15. The van der Waals surface area contributed by atoms with Crippen LogP contribution in [0.15, 0.2) is 59.6 Å². The van der Waals surface area contributed by atoms with Crippen molar-refractivity contribution in [3.05, 3.63) is 71.3 Å². The van der Waals surface area contributed by atoms with Gasteiger partial charge in [-0.15, -0.1) is 0 Å². The Hall–Kier alpha value is -2.29. The second-order valence-corrected chi connectivity index (χ2v) is 5.61. The fourth-order valence-electron chi connectivity index (χ4n) is 2.35. The van der Waals surface area contributed by atoms with E-state index in [0.717, 1.165) is 19.0 Å². The first-order chi connectivity index (χ1) is 10.7. The van der Waals surface area contributed by atoms with Gasteiger partial charge in [-0.25, -0.2) is 0 Å². The summed E-state index contributed by atoms with van der Waals surface area (Å²) in [5, 5.41) is 6.74. The molecule has 0 saturated carbocycles. The Morgan fingerprint density at radius 1 is 1.05 bits per heavy atom. The molecule has 0 aliphatic heterocycles. The molecule has 0 aromatic heterocycles. The summed E-state index contributed by atoms with van der Waals surface area (Å²) in [5.74, 6) is 1.28. The monoisotopic (exact) mass is 295 g/mol. The lowest BCUT2D eigenvalue weighted by molar-refractivity contribution is 0.698. The molecule has 0 aliphatic rings. The number of rotatable bonds is 5. The van der Waals surface area contributed by atoms with Crippen LogP contribution < -0.4 is 10.6 Å². The van der Waals surface area contributed by atoms with Crippen LogP contribution in [0.25, 0.3) is 0 Å². The molecular formula is C19H25N3. The zero-order valence-corrected chi connectivity index (χ0v) is 13.6. The molecule has 0 amide bonds. The number of aryl methyl sites for hydroxylation is 1. The summed E-state index contributed by atoms with van der Waals surface area (Å²) in [7, 11) is 1.80. The summed E-state index contributed by atoms with van der Waals surface area (Å²) in [6, 6.07) is 19.0. The fraction of sp³-hybridized carbons (Fsp3) is 0.316. The van der Waals surface area contributed by atoms with E-state index < -0.39 is 0 Å². The number of aliphatic imine (C=N–C) groups is 1. The van der Waals surface area contributed by atoms with E-state index in [9.17, 15) is 0 Å². The molecule has 2 aromatic rings. The van der Waals surface area contributed by atoms with Gasteiger partial charge in [-0.05, 0) is 24.0 Å². The molecule has 1 atom stereocenters. The molecule has 2 rings (SSSR count). The van der Waals surface area contributed by atoms with Crippen LogP contribution in [0.2, 0.25) is 0 Å². The highest BCUT2D eigenvalue weighted by Gasteiger charge is 2.06. The predicted molar refractivity (Wildman–Crippen MR) is 94.2 cm³/mol. The first kappa shape index (κ1) is 16.1. The van der Waals surface area contributed by atoms with Gasteiger partial charge < -0.3 is 10.6 Å². The minimum absolute atomic E-state index is 0.440. The van der Waals surface area contributed by atoms with E-state index in [1.165, 1.54) is 16.7 Å². The summed E-state index contributed by atoms with van der Waals surface area (Å²) in [5.41, 5.74) is 3.90.